The fourth-order valence-electron chi connectivity index (χ4n) is 2.27. The number of rotatable bonds is 6. The summed E-state index contributed by atoms with van der Waals surface area (Å²) in [7, 11) is -2.88. The van der Waals surface area contributed by atoms with Gasteiger partial charge in [-0.05, 0) is 49.4 Å². The van der Waals surface area contributed by atoms with Crippen molar-refractivity contribution in [3.05, 3.63) is 58.9 Å². The lowest BCUT2D eigenvalue weighted by Crippen LogP contribution is -2.42. The maximum Gasteiger partial charge on any atom is 0.340 e. The fourth-order valence-corrected chi connectivity index (χ4v) is 3.69. The molecule has 0 aliphatic heterocycles. The molecule has 0 saturated carbocycles. The third kappa shape index (κ3) is 5.24. The number of nitrogens with zero attached hydrogens (tertiary/aromatic N) is 1. The summed E-state index contributed by atoms with van der Waals surface area (Å²) in [5.74, 6) is -2.59. The Labute approximate surface area is 176 Å². The predicted molar refractivity (Wildman–Crippen MR) is 106 cm³/mol. The number of benzene rings is 2. The van der Waals surface area contributed by atoms with E-state index in [1.807, 2.05) is 0 Å². The zero-order chi connectivity index (χ0) is 22.6. The van der Waals surface area contributed by atoms with Crippen molar-refractivity contribution in [2.45, 2.75) is 17.9 Å². The van der Waals surface area contributed by atoms with Crippen LogP contribution in [0.3, 0.4) is 0 Å². The molecule has 3 N–H and O–H groups in total. The topological polar surface area (TPSA) is 136 Å². The van der Waals surface area contributed by atoms with Crippen LogP contribution in [0.5, 0.6) is 0 Å². The number of esters is 1. The van der Waals surface area contributed by atoms with Crippen molar-refractivity contribution in [2.75, 3.05) is 11.4 Å². The minimum atomic E-state index is -4.13. The summed E-state index contributed by atoms with van der Waals surface area (Å²) in [4.78, 5) is 34.4. The number of urea groups is 1. The number of nitrogens with two attached hydrogens (primary N) is 1. The van der Waals surface area contributed by atoms with Crippen LogP contribution in [0.1, 0.15) is 17.3 Å². The van der Waals surface area contributed by atoms with Gasteiger partial charge in [-0.25, -0.2) is 22.4 Å². The molecule has 2 aromatic carbocycles. The Balaban J connectivity index is 2.31. The maximum atomic E-state index is 13.1. The average molecular weight is 458 g/mol. The monoisotopic (exact) mass is 457 g/mol. The van der Waals surface area contributed by atoms with Gasteiger partial charge in [-0.2, -0.15) is 0 Å². The molecular weight excluding hydrogens is 441 g/mol. The number of anilines is 1. The van der Waals surface area contributed by atoms with E-state index in [9.17, 15) is 27.2 Å². The summed E-state index contributed by atoms with van der Waals surface area (Å²) in [5, 5.41) is 1.63. The van der Waals surface area contributed by atoms with Crippen LogP contribution >= 0.6 is 11.6 Å². The van der Waals surface area contributed by atoms with Crippen molar-refractivity contribution in [1.29, 1.82) is 0 Å². The minimum Gasteiger partial charge on any atom is -0.449 e. The molecule has 0 radical (unpaired) electrons. The second-order valence-corrected chi connectivity index (χ2v) is 8.37. The highest BCUT2D eigenvalue weighted by Crippen LogP contribution is 2.26. The van der Waals surface area contributed by atoms with E-state index in [4.69, 9.17) is 22.1 Å². The maximum absolute atomic E-state index is 13.1. The fraction of sp³-hybridized carbons (Fsp3) is 0.167. The molecule has 1 atom stereocenters. The number of ether oxygens (including phenoxy) is 1. The van der Waals surface area contributed by atoms with Crippen molar-refractivity contribution < 1.29 is 31.9 Å². The first-order chi connectivity index (χ1) is 13.9. The molecule has 0 heterocycles. The summed E-state index contributed by atoms with van der Waals surface area (Å²) in [6.07, 6.45) is -1.40. The van der Waals surface area contributed by atoms with Gasteiger partial charge >= 0.3 is 12.0 Å². The van der Waals surface area contributed by atoms with Crippen molar-refractivity contribution >= 4 is 45.2 Å². The van der Waals surface area contributed by atoms with Crippen LogP contribution < -0.4 is 15.4 Å². The van der Waals surface area contributed by atoms with Crippen LogP contribution in [0, 0.1) is 5.82 Å². The van der Waals surface area contributed by atoms with Crippen LogP contribution in [0.4, 0.5) is 14.9 Å². The molecule has 2 rings (SSSR count). The number of carbonyl (C=O) groups excluding carboxylic acids is 3. The molecule has 0 aliphatic carbocycles. The van der Waals surface area contributed by atoms with Gasteiger partial charge in [-0.1, -0.05) is 11.6 Å². The highest BCUT2D eigenvalue weighted by Gasteiger charge is 2.26. The molecule has 9 nitrogen and oxygen atoms in total. The van der Waals surface area contributed by atoms with Crippen molar-refractivity contribution in [3.63, 3.8) is 0 Å². The molecule has 0 unspecified atom stereocenters. The van der Waals surface area contributed by atoms with Crippen LogP contribution in [0.25, 0.3) is 0 Å². The molecule has 0 aromatic heterocycles. The zero-order valence-corrected chi connectivity index (χ0v) is 17.3. The summed E-state index contributed by atoms with van der Waals surface area (Å²) in [6, 6.07) is 6.97. The lowest BCUT2D eigenvalue weighted by atomic mass is 10.2. The SMILES string of the molecule is C[C@@H](OC(=O)c1cc(S(=O)(=O)N(C)c2ccc(F)cc2)ccc1Cl)C(=O)NC(N)=O. The highest BCUT2D eigenvalue weighted by molar-refractivity contribution is 7.92. The molecule has 0 fully saturated rings. The summed E-state index contributed by atoms with van der Waals surface area (Å²) in [6.45, 7) is 1.19. The third-order valence-electron chi connectivity index (χ3n) is 3.91. The number of imide groups is 1. The van der Waals surface area contributed by atoms with Gasteiger partial charge in [0.2, 0.25) is 0 Å². The summed E-state index contributed by atoms with van der Waals surface area (Å²) in [5.41, 5.74) is 4.70. The number of sulfonamides is 1. The van der Waals surface area contributed by atoms with Crippen LogP contribution in [-0.2, 0) is 19.6 Å². The number of amides is 3. The quantitative estimate of drug-likeness (QED) is 0.637. The number of nitrogens with one attached hydrogen (secondary N) is 1. The predicted octanol–water partition coefficient (Wildman–Crippen LogP) is 2.04. The Kier molecular flexibility index (Phi) is 7.00. The molecule has 0 spiro atoms. The number of halogens is 2. The Morgan fingerprint density at radius 1 is 1.17 bits per heavy atom. The normalized spacial score (nSPS) is 12.0. The molecule has 2 aromatic rings. The largest absolute Gasteiger partial charge is 0.449 e. The van der Waals surface area contributed by atoms with E-state index in [1.54, 1.807) is 5.32 Å². The Morgan fingerprint density at radius 3 is 2.33 bits per heavy atom. The van der Waals surface area contributed by atoms with E-state index in [0.717, 1.165) is 22.5 Å². The van der Waals surface area contributed by atoms with Gasteiger partial charge in [-0.15, -0.1) is 0 Å². The van der Waals surface area contributed by atoms with Gasteiger partial charge in [0, 0.05) is 7.05 Å². The summed E-state index contributed by atoms with van der Waals surface area (Å²) >= 11 is 5.98. The van der Waals surface area contributed by atoms with Gasteiger partial charge in [0.1, 0.15) is 5.82 Å². The second-order valence-electron chi connectivity index (χ2n) is 5.99. The zero-order valence-electron chi connectivity index (χ0n) is 15.8. The number of hydrogen-bond acceptors (Lipinski definition) is 6. The van der Waals surface area contributed by atoms with Gasteiger partial charge in [-0.3, -0.25) is 14.4 Å². The first-order valence-electron chi connectivity index (χ1n) is 8.29. The molecular formula is C18H17ClFN3O6S. The first kappa shape index (κ1) is 23.1. The highest BCUT2D eigenvalue weighted by atomic mass is 35.5. The van der Waals surface area contributed by atoms with Crippen LogP contribution in [0.2, 0.25) is 5.02 Å². The minimum absolute atomic E-state index is 0.120. The molecule has 30 heavy (non-hydrogen) atoms. The van der Waals surface area contributed by atoms with Gasteiger partial charge in [0.05, 0.1) is 21.2 Å². The smallest absolute Gasteiger partial charge is 0.340 e. The lowest BCUT2D eigenvalue weighted by Gasteiger charge is -2.20. The third-order valence-corrected chi connectivity index (χ3v) is 6.02. The summed E-state index contributed by atoms with van der Waals surface area (Å²) < 4.78 is 44.7. The Hall–Kier alpha value is -3.18. The molecule has 12 heteroatoms. The van der Waals surface area contributed by atoms with Crippen LogP contribution in [-0.4, -0.2) is 39.5 Å². The van der Waals surface area contributed by atoms with E-state index in [0.29, 0.717) is 0 Å². The van der Waals surface area contributed by atoms with Gasteiger partial charge in [0.15, 0.2) is 6.10 Å². The van der Waals surface area contributed by atoms with E-state index in [2.05, 4.69) is 0 Å². The molecule has 0 saturated heterocycles. The van der Waals surface area contributed by atoms with E-state index in [-0.39, 0.29) is 21.2 Å². The number of carbonyl (C=O) groups is 3. The lowest BCUT2D eigenvalue weighted by molar-refractivity contribution is -0.127. The standard InChI is InChI=1S/C18H17ClFN3O6S/c1-10(16(24)22-18(21)26)29-17(25)14-9-13(7-8-15(14)19)30(27,28)23(2)12-5-3-11(20)4-6-12/h3-10H,1-2H3,(H3,21,22,24,26)/t10-/m1/s1. The molecule has 160 valence electrons. The average Bonchev–Trinajstić information content (AvgIpc) is 2.67. The second kappa shape index (κ2) is 9.09. The van der Waals surface area contributed by atoms with Gasteiger partial charge < -0.3 is 10.5 Å². The molecule has 0 aliphatic rings. The van der Waals surface area contributed by atoms with Crippen molar-refractivity contribution in [2.24, 2.45) is 5.73 Å². The van der Waals surface area contributed by atoms with E-state index in [1.165, 1.54) is 38.2 Å². The van der Waals surface area contributed by atoms with Gasteiger partial charge in [0.25, 0.3) is 15.9 Å². The number of hydrogen-bond donors (Lipinski definition) is 2. The molecule has 0 bridgehead atoms. The Morgan fingerprint density at radius 2 is 1.77 bits per heavy atom. The van der Waals surface area contributed by atoms with Crippen molar-refractivity contribution in [1.82, 2.24) is 5.32 Å². The van der Waals surface area contributed by atoms with Crippen molar-refractivity contribution in [3.8, 4) is 0 Å². The first-order valence-corrected chi connectivity index (χ1v) is 10.1. The van der Waals surface area contributed by atoms with Crippen LogP contribution in [0.15, 0.2) is 47.4 Å². The Bertz CT molecular complexity index is 1090. The van der Waals surface area contributed by atoms with E-state index < -0.39 is 39.9 Å². The number of primary amides is 1. The van der Waals surface area contributed by atoms with E-state index >= 15 is 0 Å². The molecule has 3 amide bonds.